The topological polar surface area (TPSA) is 39.1 Å². The first-order valence-electron chi connectivity index (χ1n) is 6.14. The smallest absolute Gasteiger partial charge is 0.0643 e. The fourth-order valence-electron chi connectivity index (χ4n) is 2.30. The molecule has 2 atom stereocenters. The number of hydrogen-bond donors (Lipinski definition) is 1. The van der Waals surface area contributed by atoms with Crippen molar-refractivity contribution in [1.29, 1.82) is 5.26 Å². The van der Waals surface area contributed by atoms with Gasteiger partial charge in [-0.1, -0.05) is 17.7 Å². The normalized spacial score (nSPS) is 24.4. The largest absolute Gasteiger partial charge is 0.365 e. The van der Waals surface area contributed by atoms with Gasteiger partial charge in [0.05, 0.1) is 18.5 Å². The van der Waals surface area contributed by atoms with Gasteiger partial charge in [0.25, 0.3) is 0 Å². The summed E-state index contributed by atoms with van der Waals surface area (Å²) in [7, 11) is 0. The Morgan fingerprint density at radius 3 is 2.76 bits per heavy atom. The summed E-state index contributed by atoms with van der Waals surface area (Å²) in [6.45, 7) is 6.14. The summed E-state index contributed by atoms with van der Waals surface area (Å²) in [6, 6.07) is 11.6. The molecule has 0 saturated carbocycles. The second-order valence-electron chi connectivity index (χ2n) is 4.81. The van der Waals surface area contributed by atoms with E-state index < -0.39 is 0 Å². The van der Waals surface area contributed by atoms with Crippen LogP contribution in [0.1, 0.15) is 18.9 Å². The Hall–Kier alpha value is -1.53. The summed E-state index contributed by atoms with van der Waals surface area (Å²) in [4.78, 5) is 2.35. The average molecular weight is 229 g/mol. The molecule has 3 nitrogen and oxygen atoms in total. The molecule has 90 valence electrons. The summed E-state index contributed by atoms with van der Waals surface area (Å²) in [6.07, 6.45) is 0.577. The molecule has 0 bridgehead atoms. The minimum Gasteiger partial charge on any atom is -0.365 e. The molecule has 1 aromatic rings. The van der Waals surface area contributed by atoms with Gasteiger partial charge in [-0.25, -0.2) is 0 Å². The molecule has 0 radical (unpaired) electrons. The zero-order valence-electron chi connectivity index (χ0n) is 10.5. The molecule has 1 aliphatic heterocycles. The maximum atomic E-state index is 8.89. The van der Waals surface area contributed by atoms with Crippen LogP contribution in [0.3, 0.4) is 0 Å². The highest BCUT2D eigenvalue weighted by Gasteiger charge is 2.25. The van der Waals surface area contributed by atoms with Crippen LogP contribution in [0.25, 0.3) is 0 Å². The Morgan fingerprint density at radius 1 is 1.41 bits per heavy atom. The van der Waals surface area contributed by atoms with Gasteiger partial charge < -0.3 is 10.2 Å². The molecule has 17 heavy (non-hydrogen) atoms. The molecule has 3 heteroatoms. The number of rotatable bonds is 2. The molecular weight excluding hydrogens is 210 g/mol. The minimum atomic E-state index is 0.291. The van der Waals surface area contributed by atoms with Crippen molar-refractivity contribution in [2.75, 3.05) is 18.0 Å². The van der Waals surface area contributed by atoms with Crippen LogP contribution < -0.4 is 10.2 Å². The molecule has 1 aromatic carbocycles. The highest BCUT2D eigenvalue weighted by atomic mass is 15.2. The zero-order valence-corrected chi connectivity index (χ0v) is 10.5. The molecule has 0 amide bonds. The van der Waals surface area contributed by atoms with Crippen molar-refractivity contribution in [3.05, 3.63) is 29.8 Å². The molecule has 1 N–H and O–H groups in total. The highest BCUT2D eigenvalue weighted by molar-refractivity contribution is 5.49. The van der Waals surface area contributed by atoms with Crippen molar-refractivity contribution in [2.24, 2.45) is 0 Å². The minimum absolute atomic E-state index is 0.291. The number of hydrogen-bond acceptors (Lipinski definition) is 3. The van der Waals surface area contributed by atoms with Gasteiger partial charge in [-0.15, -0.1) is 0 Å². The lowest BCUT2D eigenvalue weighted by molar-refractivity contribution is 0.412. The van der Waals surface area contributed by atoms with Crippen molar-refractivity contribution >= 4 is 5.69 Å². The molecule has 2 unspecified atom stereocenters. The van der Waals surface area contributed by atoms with Crippen molar-refractivity contribution < 1.29 is 0 Å². The number of nitrogens with zero attached hydrogens (tertiary/aromatic N) is 2. The fourth-order valence-corrected chi connectivity index (χ4v) is 2.30. The number of piperazine rings is 1. The van der Waals surface area contributed by atoms with Crippen LogP contribution in [-0.4, -0.2) is 25.2 Å². The fraction of sp³-hybridized carbons (Fsp3) is 0.500. The van der Waals surface area contributed by atoms with Gasteiger partial charge in [0.15, 0.2) is 0 Å². The molecule has 0 spiro atoms. The summed E-state index contributed by atoms with van der Waals surface area (Å²) in [5.74, 6) is 0. The Bertz CT molecular complexity index is 404. The van der Waals surface area contributed by atoms with Gasteiger partial charge in [-0.2, -0.15) is 5.26 Å². The van der Waals surface area contributed by atoms with E-state index in [9.17, 15) is 0 Å². The van der Waals surface area contributed by atoms with E-state index in [1.807, 2.05) is 0 Å². The van der Waals surface area contributed by atoms with Gasteiger partial charge in [-0.3, -0.25) is 0 Å². The van der Waals surface area contributed by atoms with Gasteiger partial charge in [0.1, 0.15) is 0 Å². The predicted molar refractivity (Wildman–Crippen MR) is 70.0 cm³/mol. The first-order chi connectivity index (χ1) is 8.20. The van der Waals surface area contributed by atoms with Crippen LogP contribution in [0, 0.1) is 18.3 Å². The van der Waals surface area contributed by atoms with E-state index in [1.54, 1.807) is 0 Å². The zero-order chi connectivity index (χ0) is 12.3. The molecular formula is C14H19N3. The Balaban J connectivity index is 2.19. The van der Waals surface area contributed by atoms with Crippen LogP contribution in [-0.2, 0) is 0 Å². The summed E-state index contributed by atoms with van der Waals surface area (Å²) in [5.41, 5.74) is 2.50. The Labute approximate surface area is 103 Å². The molecule has 1 heterocycles. The van der Waals surface area contributed by atoms with E-state index in [0.717, 1.165) is 13.1 Å². The number of nitriles is 1. The third kappa shape index (κ3) is 2.78. The lowest BCUT2D eigenvalue weighted by Gasteiger charge is -2.40. The molecule has 0 aliphatic carbocycles. The van der Waals surface area contributed by atoms with Crippen molar-refractivity contribution in [3.63, 3.8) is 0 Å². The summed E-state index contributed by atoms with van der Waals surface area (Å²) >= 11 is 0. The quantitative estimate of drug-likeness (QED) is 0.844. The standard InChI is InChI=1S/C14H19N3/c1-11-3-5-13(6-4-11)17-10-12(2)16-9-14(17)7-8-15/h3-6,12,14,16H,7,9-10H2,1-2H3. The maximum absolute atomic E-state index is 8.89. The summed E-state index contributed by atoms with van der Waals surface area (Å²) in [5, 5.41) is 12.3. The highest BCUT2D eigenvalue weighted by Crippen LogP contribution is 2.21. The van der Waals surface area contributed by atoms with E-state index in [-0.39, 0.29) is 0 Å². The van der Waals surface area contributed by atoms with Crippen LogP contribution in [0.15, 0.2) is 24.3 Å². The van der Waals surface area contributed by atoms with E-state index >= 15 is 0 Å². The molecule has 1 fully saturated rings. The maximum Gasteiger partial charge on any atom is 0.0643 e. The molecule has 1 aliphatic rings. The van der Waals surface area contributed by atoms with Gasteiger partial charge in [0.2, 0.25) is 0 Å². The molecule has 2 rings (SSSR count). The van der Waals surface area contributed by atoms with Crippen molar-refractivity contribution in [1.82, 2.24) is 5.32 Å². The number of benzene rings is 1. The van der Waals surface area contributed by atoms with Gasteiger partial charge in [-0.05, 0) is 26.0 Å². The van der Waals surface area contributed by atoms with Crippen LogP contribution >= 0.6 is 0 Å². The number of aryl methyl sites for hydroxylation is 1. The van der Waals surface area contributed by atoms with Crippen LogP contribution in [0.4, 0.5) is 5.69 Å². The SMILES string of the molecule is Cc1ccc(N2CC(C)NCC2CC#N)cc1. The van der Waals surface area contributed by atoms with Gasteiger partial charge in [0, 0.05) is 24.8 Å². The second kappa shape index (κ2) is 5.20. The van der Waals surface area contributed by atoms with Crippen molar-refractivity contribution in [3.8, 4) is 6.07 Å². The van der Waals surface area contributed by atoms with E-state index in [1.165, 1.54) is 11.3 Å². The van der Waals surface area contributed by atoms with Crippen LogP contribution in [0.2, 0.25) is 0 Å². The molecule has 0 aromatic heterocycles. The lowest BCUT2D eigenvalue weighted by atomic mass is 10.1. The van der Waals surface area contributed by atoms with Crippen LogP contribution in [0.5, 0.6) is 0 Å². The Kier molecular flexibility index (Phi) is 3.65. The third-order valence-corrected chi connectivity index (χ3v) is 3.31. The number of nitrogens with one attached hydrogen (secondary N) is 1. The number of anilines is 1. The lowest BCUT2D eigenvalue weighted by Crippen LogP contribution is -2.55. The Morgan fingerprint density at radius 2 is 2.12 bits per heavy atom. The predicted octanol–water partition coefficient (Wildman–Crippen LogP) is 2.08. The van der Waals surface area contributed by atoms with E-state index in [0.29, 0.717) is 18.5 Å². The third-order valence-electron chi connectivity index (χ3n) is 3.31. The first-order valence-corrected chi connectivity index (χ1v) is 6.14. The van der Waals surface area contributed by atoms with Gasteiger partial charge >= 0.3 is 0 Å². The second-order valence-corrected chi connectivity index (χ2v) is 4.81. The first kappa shape index (κ1) is 11.9. The monoisotopic (exact) mass is 229 g/mol. The van der Waals surface area contributed by atoms with E-state index in [2.05, 4.69) is 54.4 Å². The average Bonchev–Trinajstić information content (AvgIpc) is 2.33. The van der Waals surface area contributed by atoms with Crippen molar-refractivity contribution in [2.45, 2.75) is 32.4 Å². The molecule has 1 saturated heterocycles. The van der Waals surface area contributed by atoms with E-state index in [4.69, 9.17) is 5.26 Å². The summed E-state index contributed by atoms with van der Waals surface area (Å²) < 4.78 is 0.